The monoisotopic (exact) mass is 519 g/mol. The minimum atomic E-state index is -1.50. The summed E-state index contributed by atoms with van der Waals surface area (Å²) in [6, 6.07) is 17.0. The van der Waals surface area contributed by atoms with Crippen LogP contribution in [0.4, 0.5) is 0 Å². The second-order valence-corrected chi connectivity index (χ2v) is 9.01. The van der Waals surface area contributed by atoms with Crippen molar-refractivity contribution < 1.29 is 25.2 Å². The van der Waals surface area contributed by atoms with Gasteiger partial charge in [-0.25, -0.2) is 0 Å². The van der Waals surface area contributed by atoms with Crippen LogP contribution in [0.3, 0.4) is 0 Å². The fourth-order valence-corrected chi connectivity index (χ4v) is 4.59. The highest BCUT2D eigenvalue weighted by Gasteiger charge is 2.45. The molecular formula is C22H22BrN3O5S. The highest BCUT2D eigenvalue weighted by molar-refractivity contribution is 9.10. The zero-order valence-electron chi connectivity index (χ0n) is 16.8. The molecule has 168 valence electrons. The summed E-state index contributed by atoms with van der Waals surface area (Å²) in [4.78, 5) is 0.418. The van der Waals surface area contributed by atoms with Crippen molar-refractivity contribution in [1.82, 2.24) is 4.57 Å². The molecule has 0 radical (unpaired) electrons. The van der Waals surface area contributed by atoms with Gasteiger partial charge in [-0.1, -0.05) is 58.4 Å². The van der Waals surface area contributed by atoms with E-state index in [2.05, 4.69) is 26.1 Å². The smallest absolute Gasteiger partial charge is 0.213 e. The lowest BCUT2D eigenvalue weighted by Crippen LogP contribution is -2.57. The summed E-state index contributed by atoms with van der Waals surface area (Å²) >= 11 is 4.68. The van der Waals surface area contributed by atoms with Gasteiger partial charge in [-0.2, -0.15) is 5.10 Å². The second kappa shape index (κ2) is 10.2. The van der Waals surface area contributed by atoms with Crippen molar-refractivity contribution in [2.75, 3.05) is 6.61 Å². The molecule has 1 saturated heterocycles. The van der Waals surface area contributed by atoms with Crippen LogP contribution in [-0.4, -0.2) is 62.2 Å². The number of ether oxygens (including phenoxy) is 1. The quantitative estimate of drug-likeness (QED) is 0.303. The third kappa shape index (κ3) is 4.76. The Morgan fingerprint density at radius 3 is 2.41 bits per heavy atom. The Morgan fingerprint density at radius 1 is 1.00 bits per heavy atom. The summed E-state index contributed by atoms with van der Waals surface area (Å²) in [6.45, 7) is -0.513. The van der Waals surface area contributed by atoms with E-state index in [4.69, 9.17) is 4.74 Å². The Bertz CT molecular complexity index is 1130. The lowest BCUT2D eigenvalue weighted by atomic mass is 9.98. The zero-order chi connectivity index (χ0) is 22.7. The lowest BCUT2D eigenvalue weighted by Gasteiger charge is -2.40. The number of nitrogens with zero attached hydrogens (tertiary/aromatic N) is 3. The highest BCUT2D eigenvalue weighted by atomic mass is 79.9. The zero-order valence-corrected chi connectivity index (χ0v) is 19.2. The third-order valence-electron chi connectivity index (χ3n) is 5.15. The summed E-state index contributed by atoms with van der Waals surface area (Å²) in [6.07, 6.45) is -4.91. The maximum Gasteiger partial charge on any atom is 0.213 e. The maximum absolute atomic E-state index is 10.7. The molecular weight excluding hydrogens is 498 g/mol. The molecule has 0 amide bonds. The number of aliphatic hydroxyl groups excluding tert-OH is 4. The van der Waals surface area contributed by atoms with Crippen LogP contribution in [0, 0.1) is 0 Å². The molecule has 0 saturated carbocycles. The van der Waals surface area contributed by atoms with Gasteiger partial charge in [-0.3, -0.25) is 4.57 Å². The van der Waals surface area contributed by atoms with Crippen LogP contribution >= 0.6 is 27.3 Å². The van der Waals surface area contributed by atoms with Gasteiger partial charge in [0.2, 0.25) is 4.80 Å². The first-order chi connectivity index (χ1) is 15.5. The molecule has 8 nitrogen and oxygen atoms in total. The molecule has 0 unspecified atom stereocenters. The molecule has 32 heavy (non-hydrogen) atoms. The number of aromatic nitrogens is 1. The fraction of sp³-hybridized carbons (Fsp3) is 0.273. The number of hydrogen-bond acceptors (Lipinski definition) is 8. The molecule has 1 aromatic heterocycles. The van der Waals surface area contributed by atoms with Gasteiger partial charge < -0.3 is 25.2 Å². The van der Waals surface area contributed by atoms with Crippen molar-refractivity contribution in [2.45, 2.75) is 30.6 Å². The van der Waals surface area contributed by atoms with E-state index in [9.17, 15) is 20.4 Å². The Balaban J connectivity index is 1.78. The van der Waals surface area contributed by atoms with Crippen LogP contribution in [0.25, 0.3) is 11.3 Å². The minimum absolute atomic E-state index is 0.418. The lowest BCUT2D eigenvalue weighted by molar-refractivity contribution is -0.251. The van der Waals surface area contributed by atoms with Gasteiger partial charge in [0.15, 0.2) is 6.23 Å². The number of rotatable bonds is 5. The van der Waals surface area contributed by atoms with Crippen molar-refractivity contribution in [3.05, 3.63) is 74.8 Å². The highest BCUT2D eigenvalue weighted by Crippen LogP contribution is 2.32. The predicted octanol–water partition coefficient (Wildman–Crippen LogP) is 1.89. The molecule has 1 aliphatic rings. The Morgan fingerprint density at radius 2 is 1.72 bits per heavy atom. The largest absolute Gasteiger partial charge is 0.394 e. The Kier molecular flexibility index (Phi) is 7.31. The van der Waals surface area contributed by atoms with E-state index in [-0.39, 0.29) is 0 Å². The molecule has 1 fully saturated rings. The first-order valence-corrected chi connectivity index (χ1v) is 11.6. The summed E-state index contributed by atoms with van der Waals surface area (Å²) in [5, 5.41) is 51.1. The Hall–Kier alpha value is -2.18. The molecule has 0 aliphatic carbocycles. The average molecular weight is 520 g/mol. The van der Waals surface area contributed by atoms with Crippen LogP contribution in [0.15, 0.2) is 74.7 Å². The summed E-state index contributed by atoms with van der Waals surface area (Å²) < 4.78 is 8.38. The normalized spacial score (nSPS) is 26.7. The van der Waals surface area contributed by atoms with Crippen LogP contribution < -0.4 is 4.80 Å². The number of thiazole rings is 1. The molecule has 1 aliphatic heterocycles. The van der Waals surface area contributed by atoms with Gasteiger partial charge in [0.25, 0.3) is 0 Å². The first-order valence-electron chi connectivity index (χ1n) is 9.88. The molecule has 5 atom stereocenters. The van der Waals surface area contributed by atoms with E-state index >= 15 is 0 Å². The number of halogens is 1. The van der Waals surface area contributed by atoms with Crippen molar-refractivity contribution in [3.63, 3.8) is 0 Å². The van der Waals surface area contributed by atoms with Gasteiger partial charge in [0.1, 0.15) is 24.4 Å². The van der Waals surface area contributed by atoms with Crippen LogP contribution in [0.2, 0.25) is 0 Å². The summed E-state index contributed by atoms with van der Waals surface area (Å²) in [7, 11) is 0. The molecule has 3 aromatic rings. The third-order valence-corrected chi connectivity index (χ3v) is 6.51. The van der Waals surface area contributed by atoms with Crippen LogP contribution in [-0.2, 0) is 4.74 Å². The van der Waals surface area contributed by atoms with Gasteiger partial charge >= 0.3 is 0 Å². The number of benzene rings is 2. The molecule has 0 bridgehead atoms. The first kappa shape index (κ1) is 23.0. The molecule has 4 rings (SSSR count). The number of aliphatic hydroxyl groups is 4. The molecule has 4 N–H and O–H groups in total. The minimum Gasteiger partial charge on any atom is -0.394 e. The molecule has 2 heterocycles. The van der Waals surface area contributed by atoms with Crippen molar-refractivity contribution in [1.29, 1.82) is 0 Å². The molecule has 0 spiro atoms. The van der Waals surface area contributed by atoms with Crippen molar-refractivity contribution in [3.8, 4) is 11.3 Å². The van der Waals surface area contributed by atoms with Crippen LogP contribution in [0.1, 0.15) is 11.8 Å². The summed E-state index contributed by atoms with van der Waals surface area (Å²) in [5.41, 5.74) is 2.40. The topological polar surface area (TPSA) is 120 Å². The number of hydrogen-bond donors (Lipinski definition) is 4. The molecule has 2 aromatic carbocycles. The van der Waals surface area contributed by atoms with E-state index in [0.29, 0.717) is 10.5 Å². The maximum atomic E-state index is 10.7. The fourth-order valence-electron chi connectivity index (χ4n) is 3.45. The van der Waals surface area contributed by atoms with Crippen molar-refractivity contribution in [2.24, 2.45) is 10.2 Å². The van der Waals surface area contributed by atoms with E-state index < -0.39 is 37.3 Å². The standard InChI is InChI=1S/C22H22BrN3O5S/c23-15-8-6-13(7-9-15)10-24-25-22-26(16(12-32-22)14-4-2-1-3-5-14)21-20(30)19(29)18(28)17(11-27)31-21/h1-10,12,17-21,27-30H,11H2/b24-10+,25-22-/t17-,18-,19+,20-,21-/m1/s1. The van der Waals surface area contributed by atoms with Gasteiger partial charge in [-0.15, -0.1) is 16.4 Å². The van der Waals surface area contributed by atoms with Crippen molar-refractivity contribution >= 4 is 33.5 Å². The Labute approximate surface area is 196 Å². The van der Waals surface area contributed by atoms with Gasteiger partial charge in [0, 0.05) is 9.85 Å². The van der Waals surface area contributed by atoms with Gasteiger partial charge in [0.05, 0.1) is 18.5 Å². The molecule has 10 heteroatoms. The van der Waals surface area contributed by atoms with E-state index in [1.165, 1.54) is 11.3 Å². The average Bonchev–Trinajstić information content (AvgIpc) is 3.23. The summed E-state index contributed by atoms with van der Waals surface area (Å²) in [5.74, 6) is 0. The second-order valence-electron chi connectivity index (χ2n) is 7.26. The SMILES string of the molecule is OC[C@H]1O[C@@H](n2c(-c3ccccc3)cs/c2=N\N=C\c2ccc(Br)cc2)[C@H](O)[C@@H](O)[C@@H]1O. The van der Waals surface area contributed by atoms with E-state index in [0.717, 1.165) is 15.6 Å². The van der Waals surface area contributed by atoms with E-state index in [1.807, 2.05) is 60.0 Å². The van der Waals surface area contributed by atoms with Gasteiger partial charge in [-0.05, 0) is 23.3 Å². The van der Waals surface area contributed by atoms with Crippen LogP contribution in [0.5, 0.6) is 0 Å². The predicted molar refractivity (Wildman–Crippen MR) is 124 cm³/mol. The van der Waals surface area contributed by atoms with E-state index in [1.54, 1.807) is 10.8 Å².